The van der Waals surface area contributed by atoms with Gasteiger partial charge in [-0.25, -0.2) is 0 Å². The monoisotopic (exact) mass is 205 g/mol. The van der Waals surface area contributed by atoms with Crippen molar-refractivity contribution >= 4 is 5.91 Å². The van der Waals surface area contributed by atoms with Crippen LogP contribution in [0.2, 0.25) is 0 Å². The number of carbonyl (C=O) groups is 1. The average molecular weight is 205 g/mol. The standard InChI is InChI=1S/C13H19NO/c1-3-4-10-13(2,12(14)15)11-8-6-5-7-9-11/h5-9H,3-4,10H2,1-2H3,(H2,14,15)/t13-/m1/s1. The van der Waals surface area contributed by atoms with Crippen molar-refractivity contribution in [2.24, 2.45) is 5.73 Å². The second-order valence-corrected chi connectivity index (χ2v) is 4.17. The molecule has 0 fully saturated rings. The van der Waals surface area contributed by atoms with E-state index in [9.17, 15) is 4.79 Å². The number of unbranched alkanes of at least 4 members (excludes halogenated alkanes) is 1. The largest absolute Gasteiger partial charge is 0.369 e. The lowest BCUT2D eigenvalue weighted by Crippen LogP contribution is -2.38. The summed E-state index contributed by atoms with van der Waals surface area (Å²) in [5.41, 5.74) is 6.01. The Labute approximate surface area is 91.5 Å². The van der Waals surface area contributed by atoms with Crippen LogP contribution in [0.15, 0.2) is 30.3 Å². The molecule has 0 aliphatic rings. The van der Waals surface area contributed by atoms with E-state index < -0.39 is 5.41 Å². The predicted molar refractivity (Wildman–Crippen MR) is 62.5 cm³/mol. The van der Waals surface area contributed by atoms with Crippen LogP contribution in [0.5, 0.6) is 0 Å². The fraction of sp³-hybridized carbons (Fsp3) is 0.462. The molecule has 2 N–H and O–H groups in total. The quantitative estimate of drug-likeness (QED) is 0.789. The van der Waals surface area contributed by atoms with Gasteiger partial charge in [0.25, 0.3) is 0 Å². The highest BCUT2D eigenvalue weighted by atomic mass is 16.1. The van der Waals surface area contributed by atoms with Crippen molar-refractivity contribution in [1.29, 1.82) is 0 Å². The van der Waals surface area contributed by atoms with Crippen molar-refractivity contribution in [2.45, 2.75) is 38.5 Å². The van der Waals surface area contributed by atoms with Gasteiger partial charge in [-0.05, 0) is 18.9 Å². The highest BCUT2D eigenvalue weighted by molar-refractivity contribution is 5.86. The molecule has 0 bridgehead atoms. The summed E-state index contributed by atoms with van der Waals surface area (Å²) >= 11 is 0. The summed E-state index contributed by atoms with van der Waals surface area (Å²) in [5.74, 6) is -0.234. The summed E-state index contributed by atoms with van der Waals surface area (Å²) in [6, 6.07) is 9.79. The first-order valence-corrected chi connectivity index (χ1v) is 5.46. The Morgan fingerprint density at radius 2 is 1.93 bits per heavy atom. The maximum atomic E-state index is 11.5. The van der Waals surface area contributed by atoms with Crippen molar-refractivity contribution in [3.05, 3.63) is 35.9 Å². The molecule has 82 valence electrons. The van der Waals surface area contributed by atoms with Crippen LogP contribution in [-0.4, -0.2) is 5.91 Å². The third-order valence-corrected chi connectivity index (χ3v) is 2.99. The lowest BCUT2D eigenvalue weighted by Gasteiger charge is -2.26. The van der Waals surface area contributed by atoms with Crippen LogP contribution < -0.4 is 5.73 Å². The first kappa shape index (κ1) is 11.8. The first-order valence-electron chi connectivity index (χ1n) is 5.46. The molecule has 0 unspecified atom stereocenters. The molecule has 0 aliphatic carbocycles. The van der Waals surface area contributed by atoms with Crippen LogP contribution in [0.3, 0.4) is 0 Å². The van der Waals surface area contributed by atoms with Gasteiger partial charge in [-0.2, -0.15) is 0 Å². The summed E-state index contributed by atoms with van der Waals surface area (Å²) in [6.07, 6.45) is 2.92. The molecule has 1 atom stereocenters. The van der Waals surface area contributed by atoms with Crippen LogP contribution in [0.1, 0.15) is 38.7 Å². The van der Waals surface area contributed by atoms with Gasteiger partial charge in [-0.15, -0.1) is 0 Å². The molecule has 0 heterocycles. The molecule has 0 radical (unpaired) electrons. The third-order valence-electron chi connectivity index (χ3n) is 2.99. The summed E-state index contributed by atoms with van der Waals surface area (Å²) in [7, 11) is 0. The van der Waals surface area contributed by atoms with Gasteiger partial charge in [0.05, 0.1) is 5.41 Å². The molecule has 0 aromatic heterocycles. The zero-order valence-corrected chi connectivity index (χ0v) is 9.49. The molecule has 1 aromatic carbocycles. The molecule has 1 aromatic rings. The lowest BCUT2D eigenvalue weighted by atomic mass is 9.77. The van der Waals surface area contributed by atoms with Crippen molar-refractivity contribution in [1.82, 2.24) is 0 Å². The molecular formula is C13H19NO. The molecule has 0 aliphatic heterocycles. The van der Waals surface area contributed by atoms with Gasteiger partial charge in [-0.1, -0.05) is 50.1 Å². The normalized spacial score (nSPS) is 14.5. The molecule has 1 rings (SSSR count). The Balaban J connectivity index is 2.96. The third kappa shape index (κ3) is 2.58. The minimum absolute atomic E-state index is 0.234. The van der Waals surface area contributed by atoms with E-state index in [2.05, 4.69) is 6.92 Å². The summed E-state index contributed by atoms with van der Waals surface area (Å²) in [6.45, 7) is 4.05. The second-order valence-electron chi connectivity index (χ2n) is 4.17. The fourth-order valence-corrected chi connectivity index (χ4v) is 1.75. The smallest absolute Gasteiger partial charge is 0.227 e. The molecule has 0 saturated carbocycles. The van der Waals surface area contributed by atoms with E-state index in [0.29, 0.717) is 0 Å². The minimum atomic E-state index is -0.517. The molecule has 15 heavy (non-hydrogen) atoms. The maximum absolute atomic E-state index is 11.5. The SMILES string of the molecule is CCCC[C@@](C)(C(N)=O)c1ccccc1. The average Bonchev–Trinajstić information content (AvgIpc) is 2.27. The van der Waals surface area contributed by atoms with Gasteiger partial charge >= 0.3 is 0 Å². The van der Waals surface area contributed by atoms with E-state index in [1.165, 1.54) is 0 Å². The molecular weight excluding hydrogens is 186 g/mol. The Morgan fingerprint density at radius 1 is 1.33 bits per heavy atom. The van der Waals surface area contributed by atoms with Crippen LogP contribution in [0.25, 0.3) is 0 Å². The zero-order chi connectivity index (χ0) is 11.3. The van der Waals surface area contributed by atoms with Crippen molar-refractivity contribution < 1.29 is 4.79 Å². The summed E-state index contributed by atoms with van der Waals surface area (Å²) < 4.78 is 0. The van der Waals surface area contributed by atoms with Gasteiger partial charge < -0.3 is 5.73 Å². The van der Waals surface area contributed by atoms with Gasteiger partial charge in [0, 0.05) is 0 Å². The molecule has 0 spiro atoms. The lowest BCUT2D eigenvalue weighted by molar-refractivity contribution is -0.123. The Bertz CT molecular complexity index is 321. The zero-order valence-electron chi connectivity index (χ0n) is 9.49. The van der Waals surface area contributed by atoms with E-state index in [1.54, 1.807) is 0 Å². The molecule has 0 saturated heterocycles. The van der Waals surface area contributed by atoms with E-state index in [0.717, 1.165) is 24.8 Å². The van der Waals surface area contributed by atoms with Gasteiger partial charge in [0.2, 0.25) is 5.91 Å². The number of amides is 1. The van der Waals surface area contributed by atoms with Gasteiger partial charge in [-0.3, -0.25) is 4.79 Å². The first-order chi connectivity index (χ1) is 7.11. The fourth-order valence-electron chi connectivity index (χ4n) is 1.75. The summed E-state index contributed by atoms with van der Waals surface area (Å²) in [5, 5.41) is 0. The highest BCUT2D eigenvalue weighted by Crippen LogP contribution is 2.29. The topological polar surface area (TPSA) is 43.1 Å². The number of hydrogen-bond acceptors (Lipinski definition) is 1. The van der Waals surface area contributed by atoms with E-state index in [-0.39, 0.29) is 5.91 Å². The van der Waals surface area contributed by atoms with E-state index in [4.69, 9.17) is 5.73 Å². The van der Waals surface area contributed by atoms with Crippen molar-refractivity contribution in [2.75, 3.05) is 0 Å². The Kier molecular flexibility index (Phi) is 3.89. The Morgan fingerprint density at radius 3 is 2.40 bits per heavy atom. The molecule has 2 heteroatoms. The minimum Gasteiger partial charge on any atom is -0.369 e. The number of rotatable bonds is 5. The molecule has 1 amide bonds. The highest BCUT2D eigenvalue weighted by Gasteiger charge is 2.31. The van der Waals surface area contributed by atoms with Crippen LogP contribution >= 0.6 is 0 Å². The maximum Gasteiger partial charge on any atom is 0.227 e. The van der Waals surface area contributed by atoms with Crippen molar-refractivity contribution in [3.63, 3.8) is 0 Å². The van der Waals surface area contributed by atoms with Crippen LogP contribution in [-0.2, 0) is 10.2 Å². The Hall–Kier alpha value is -1.31. The van der Waals surface area contributed by atoms with E-state index >= 15 is 0 Å². The molecule has 2 nitrogen and oxygen atoms in total. The number of benzene rings is 1. The van der Waals surface area contributed by atoms with Crippen LogP contribution in [0, 0.1) is 0 Å². The van der Waals surface area contributed by atoms with Gasteiger partial charge in [0.1, 0.15) is 0 Å². The number of primary amides is 1. The second kappa shape index (κ2) is 4.96. The van der Waals surface area contributed by atoms with Crippen molar-refractivity contribution in [3.8, 4) is 0 Å². The number of nitrogens with two attached hydrogens (primary N) is 1. The van der Waals surface area contributed by atoms with Crippen LogP contribution in [0.4, 0.5) is 0 Å². The summed E-state index contributed by atoms with van der Waals surface area (Å²) in [4.78, 5) is 11.5. The van der Waals surface area contributed by atoms with Gasteiger partial charge in [0.15, 0.2) is 0 Å². The van der Waals surface area contributed by atoms with E-state index in [1.807, 2.05) is 37.3 Å². The number of carbonyl (C=O) groups excluding carboxylic acids is 1. The predicted octanol–water partition coefficient (Wildman–Crippen LogP) is 2.62. The number of hydrogen-bond donors (Lipinski definition) is 1.